The Morgan fingerprint density at radius 1 is 1.20 bits per heavy atom. The highest BCUT2D eigenvalue weighted by atomic mass is 16.6. The van der Waals surface area contributed by atoms with Gasteiger partial charge in [0.1, 0.15) is 11.6 Å². The number of amides is 1. The van der Waals surface area contributed by atoms with Gasteiger partial charge in [0, 0.05) is 0 Å². The molecule has 5 heteroatoms. The Bertz CT molecular complexity index is 378. The van der Waals surface area contributed by atoms with E-state index >= 15 is 0 Å². The molecule has 0 radical (unpaired) electrons. The normalized spacial score (nSPS) is 29.3. The standard InChI is InChI=1S/C15H25NO4/c1-15(2,3)20-14(18)16-12(13(17)19-4)7-9-5-10-8-11(10)6-9/h9-12H,5-8H2,1-4H3,(H,16,18)/t9?,10-,11+,12?. The summed E-state index contributed by atoms with van der Waals surface area (Å²) in [6.45, 7) is 5.39. The predicted molar refractivity (Wildman–Crippen MR) is 74.1 cm³/mol. The molecule has 0 aromatic heterocycles. The highest BCUT2D eigenvalue weighted by Crippen LogP contribution is 2.55. The van der Waals surface area contributed by atoms with E-state index in [1.807, 2.05) is 0 Å². The first-order valence-electron chi connectivity index (χ1n) is 7.36. The van der Waals surface area contributed by atoms with Crippen molar-refractivity contribution in [2.24, 2.45) is 17.8 Å². The summed E-state index contributed by atoms with van der Waals surface area (Å²) in [4.78, 5) is 23.6. The molecule has 5 nitrogen and oxygen atoms in total. The minimum Gasteiger partial charge on any atom is -0.467 e. The highest BCUT2D eigenvalue weighted by Gasteiger charge is 2.46. The topological polar surface area (TPSA) is 64.6 Å². The second-order valence-electron chi connectivity index (χ2n) is 7.05. The summed E-state index contributed by atoms with van der Waals surface area (Å²) in [6, 6.07) is -0.600. The summed E-state index contributed by atoms with van der Waals surface area (Å²) in [7, 11) is 1.35. The molecule has 1 amide bonds. The summed E-state index contributed by atoms with van der Waals surface area (Å²) in [5.41, 5.74) is -0.570. The number of rotatable bonds is 4. The lowest BCUT2D eigenvalue weighted by atomic mass is 9.95. The van der Waals surface area contributed by atoms with Crippen molar-refractivity contribution in [3.05, 3.63) is 0 Å². The van der Waals surface area contributed by atoms with Gasteiger partial charge in [0.25, 0.3) is 0 Å². The molecule has 20 heavy (non-hydrogen) atoms. The quantitative estimate of drug-likeness (QED) is 0.805. The minimum absolute atomic E-state index is 0.392. The van der Waals surface area contributed by atoms with Crippen molar-refractivity contribution < 1.29 is 19.1 Å². The summed E-state index contributed by atoms with van der Waals surface area (Å²) in [5.74, 6) is 1.84. The maximum absolute atomic E-state index is 11.8. The number of hydrogen-bond donors (Lipinski definition) is 1. The van der Waals surface area contributed by atoms with E-state index in [2.05, 4.69) is 5.32 Å². The van der Waals surface area contributed by atoms with E-state index in [1.165, 1.54) is 26.4 Å². The molecule has 0 aromatic rings. The number of esters is 1. The van der Waals surface area contributed by atoms with E-state index in [9.17, 15) is 9.59 Å². The van der Waals surface area contributed by atoms with Gasteiger partial charge in [-0.15, -0.1) is 0 Å². The van der Waals surface area contributed by atoms with E-state index in [-0.39, 0.29) is 0 Å². The number of hydrogen-bond acceptors (Lipinski definition) is 4. The van der Waals surface area contributed by atoms with Crippen LogP contribution in [0, 0.1) is 17.8 Å². The van der Waals surface area contributed by atoms with Crippen molar-refractivity contribution in [2.45, 2.75) is 58.1 Å². The monoisotopic (exact) mass is 283 g/mol. The van der Waals surface area contributed by atoms with Crippen molar-refractivity contribution in [3.63, 3.8) is 0 Å². The molecule has 114 valence electrons. The zero-order chi connectivity index (χ0) is 14.9. The summed E-state index contributed by atoms with van der Waals surface area (Å²) in [6.07, 6.45) is 3.79. The highest BCUT2D eigenvalue weighted by molar-refractivity contribution is 5.81. The molecule has 0 spiro atoms. The number of nitrogens with one attached hydrogen (secondary N) is 1. The van der Waals surface area contributed by atoms with Gasteiger partial charge in [-0.05, 0) is 64.2 Å². The zero-order valence-electron chi connectivity index (χ0n) is 12.8. The lowest BCUT2D eigenvalue weighted by Crippen LogP contribution is -2.44. The average molecular weight is 283 g/mol. The van der Waals surface area contributed by atoms with Crippen LogP contribution < -0.4 is 5.32 Å². The second-order valence-corrected chi connectivity index (χ2v) is 7.05. The van der Waals surface area contributed by atoms with Crippen LogP contribution in [0.3, 0.4) is 0 Å². The van der Waals surface area contributed by atoms with E-state index in [4.69, 9.17) is 9.47 Å². The second kappa shape index (κ2) is 5.62. The zero-order valence-corrected chi connectivity index (χ0v) is 12.8. The molecule has 0 aromatic carbocycles. The largest absolute Gasteiger partial charge is 0.467 e. The minimum atomic E-state index is -0.600. The lowest BCUT2D eigenvalue weighted by Gasteiger charge is -2.24. The van der Waals surface area contributed by atoms with Gasteiger partial charge in [-0.25, -0.2) is 9.59 Å². The molecular formula is C15H25NO4. The molecule has 2 fully saturated rings. The first-order chi connectivity index (χ1) is 9.28. The average Bonchev–Trinajstić information content (AvgIpc) is 2.92. The van der Waals surface area contributed by atoms with E-state index < -0.39 is 23.7 Å². The fraction of sp³-hybridized carbons (Fsp3) is 0.867. The number of methoxy groups -OCH3 is 1. The van der Waals surface area contributed by atoms with Crippen LogP contribution in [0.2, 0.25) is 0 Å². The van der Waals surface area contributed by atoms with Crippen LogP contribution in [0.5, 0.6) is 0 Å². The predicted octanol–water partition coefficient (Wildman–Crippen LogP) is 2.49. The van der Waals surface area contributed by atoms with Crippen LogP contribution in [0.4, 0.5) is 4.79 Å². The third-order valence-electron chi connectivity index (χ3n) is 4.09. The Labute approximate surface area is 120 Å². The number of alkyl carbamates (subject to hydrolysis) is 1. The van der Waals surface area contributed by atoms with Crippen LogP contribution in [0.1, 0.15) is 46.5 Å². The molecule has 2 aliphatic rings. The Balaban J connectivity index is 1.86. The van der Waals surface area contributed by atoms with Gasteiger partial charge in [-0.1, -0.05) is 0 Å². The maximum atomic E-state index is 11.8. The van der Waals surface area contributed by atoms with Crippen molar-refractivity contribution in [1.82, 2.24) is 5.32 Å². The lowest BCUT2D eigenvalue weighted by molar-refractivity contribution is -0.143. The molecule has 0 saturated heterocycles. The molecule has 0 aliphatic heterocycles. The van der Waals surface area contributed by atoms with Gasteiger partial charge in [0.15, 0.2) is 0 Å². The third-order valence-corrected chi connectivity index (χ3v) is 4.09. The molecule has 0 bridgehead atoms. The number of carbonyl (C=O) groups is 2. The molecule has 2 saturated carbocycles. The van der Waals surface area contributed by atoms with Gasteiger partial charge >= 0.3 is 12.1 Å². The van der Waals surface area contributed by atoms with Crippen molar-refractivity contribution in [3.8, 4) is 0 Å². The van der Waals surface area contributed by atoms with Crippen LogP contribution in [-0.2, 0) is 14.3 Å². The van der Waals surface area contributed by atoms with Gasteiger partial charge < -0.3 is 14.8 Å². The smallest absolute Gasteiger partial charge is 0.408 e. The van der Waals surface area contributed by atoms with Crippen LogP contribution in [0.15, 0.2) is 0 Å². The molecule has 2 unspecified atom stereocenters. The van der Waals surface area contributed by atoms with Crippen LogP contribution >= 0.6 is 0 Å². The molecule has 1 N–H and O–H groups in total. The number of ether oxygens (including phenoxy) is 2. The maximum Gasteiger partial charge on any atom is 0.408 e. The van der Waals surface area contributed by atoms with Crippen molar-refractivity contribution >= 4 is 12.1 Å². The summed E-state index contributed by atoms with van der Waals surface area (Å²) < 4.78 is 9.98. The molecule has 2 aliphatic carbocycles. The van der Waals surface area contributed by atoms with Crippen molar-refractivity contribution in [1.29, 1.82) is 0 Å². The molecule has 0 heterocycles. The molecule has 2 rings (SSSR count). The van der Waals surface area contributed by atoms with Gasteiger partial charge in [0.2, 0.25) is 0 Å². The SMILES string of the molecule is COC(=O)C(CC1C[C@@H]2C[C@@H]2C1)NC(=O)OC(C)(C)C. The Morgan fingerprint density at radius 2 is 1.80 bits per heavy atom. The third kappa shape index (κ3) is 4.12. The summed E-state index contributed by atoms with van der Waals surface area (Å²) >= 11 is 0. The molecule has 4 atom stereocenters. The van der Waals surface area contributed by atoms with E-state index in [0.717, 1.165) is 11.8 Å². The first-order valence-corrected chi connectivity index (χ1v) is 7.36. The number of carbonyl (C=O) groups excluding carboxylic acids is 2. The van der Waals surface area contributed by atoms with Gasteiger partial charge in [-0.2, -0.15) is 0 Å². The Morgan fingerprint density at radius 3 is 2.30 bits per heavy atom. The number of fused-ring (bicyclic) bond motifs is 1. The fourth-order valence-electron chi connectivity index (χ4n) is 3.17. The Hall–Kier alpha value is -1.26. The van der Waals surface area contributed by atoms with Crippen LogP contribution in [-0.4, -0.2) is 30.8 Å². The first kappa shape index (κ1) is 15.1. The van der Waals surface area contributed by atoms with E-state index in [0.29, 0.717) is 12.3 Å². The van der Waals surface area contributed by atoms with Crippen LogP contribution in [0.25, 0.3) is 0 Å². The van der Waals surface area contributed by atoms with Crippen molar-refractivity contribution in [2.75, 3.05) is 7.11 Å². The summed E-state index contributed by atoms with van der Waals surface area (Å²) in [5, 5.41) is 2.65. The Kier molecular flexibility index (Phi) is 4.25. The fourth-order valence-corrected chi connectivity index (χ4v) is 3.17. The molecular weight excluding hydrogens is 258 g/mol. The van der Waals surface area contributed by atoms with E-state index in [1.54, 1.807) is 20.8 Å². The van der Waals surface area contributed by atoms with Gasteiger partial charge in [0.05, 0.1) is 7.11 Å². The van der Waals surface area contributed by atoms with Gasteiger partial charge in [-0.3, -0.25) is 0 Å².